The number of ether oxygens (including phenoxy) is 2. The van der Waals surface area contributed by atoms with Crippen molar-refractivity contribution >= 4 is 0 Å². The summed E-state index contributed by atoms with van der Waals surface area (Å²) >= 11 is 0. The van der Waals surface area contributed by atoms with Crippen molar-refractivity contribution in [1.82, 2.24) is 35.4 Å². The number of benzene rings is 2. The van der Waals surface area contributed by atoms with E-state index < -0.39 is 5.79 Å². The second-order valence-electron chi connectivity index (χ2n) is 8.22. The number of aromatic amines is 1. The minimum absolute atomic E-state index is 0.209. The standard InChI is InChI=1S/C25H31N7O2/c1-6-17(3)32-22(26-24(29-32)25(7-2,33-4)34-5)16-18-12-14-19(15-13-18)20-10-8-9-11-21(20)23-27-30-31-28-23/h8-15,17H,6-7,16H2,1-5H3,(H,27,28,30,31). The van der Waals surface area contributed by atoms with Crippen molar-refractivity contribution in [2.24, 2.45) is 0 Å². The van der Waals surface area contributed by atoms with E-state index in [0.717, 1.165) is 34.5 Å². The highest BCUT2D eigenvalue weighted by Crippen LogP contribution is 2.31. The van der Waals surface area contributed by atoms with Crippen LogP contribution in [0.15, 0.2) is 48.5 Å². The number of nitrogens with zero attached hydrogens (tertiary/aromatic N) is 6. The zero-order chi connectivity index (χ0) is 24.1. The lowest BCUT2D eigenvalue weighted by atomic mass is 9.97. The Labute approximate surface area is 199 Å². The van der Waals surface area contributed by atoms with Crippen molar-refractivity contribution in [3.05, 3.63) is 65.7 Å². The molecule has 0 saturated carbocycles. The van der Waals surface area contributed by atoms with Gasteiger partial charge in [-0.2, -0.15) is 5.21 Å². The van der Waals surface area contributed by atoms with Crippen molar-refractivity contribution in [3.63, 3.8) is 0 Å². The van der Waals surface area contributed by atoms with Gasteiger partial charge < -0.3 is 9.47 Å². The smallest absolute Gasteiger partial charge is 0.231 e. The van der Waals surface area contributed by atoms with E-state index in [1.807, 2.05) is 29.8 Å². The second-order valence-corrected chi connectivity index (χ2v) is 8.22. The van der Waals surface area contributed by atoms with Gasteiger partial charge in [-0.15, -0.1) is 15.3 Å². The third-order valence-corrected chi connectivity index (χ3v) is 6.32. The Hall–Kier alpha value is -3.43. The summed E-state index contributed by atoms with van der Waals surface area (Å²) < 4.78 is 13.4. The fourth-order valence-corrected chi connectivity index (χ4v) is 4.07. The lowest BCUT2D eigenvalue weighted by molar-refractivity contribution is -0.222. The molecule has 0 aliphatic rings. The maximum atomic E-state index is 5.68. The molecule has 4 aromatic rings. The first-order chi connectivity index (χ1) is 16.5. The first kappa shape index (κ1) is 23.7. The van der Waals surface area contributed by atoms with Crippen LogP contribution in [-0.2, 0) is 21.7 Å². The maximum Gasteiger partial charge on any atom is 0.231 e. The zero-order valence-electron chi connectivity index (χ0n) is 20.3. The van der Waals surface area contributed by atoms with E-state index in [1.165, 1.54) is 0 Å². The molecule has 4 rings (SSSR count). The average Bonchev–Trinajstić information content (AvgIpc) is 3.57. The van der Waals surface area contributed by atoms with Gasteiger partial charge in [0, 0.05) is 32.6 Å². The van der Waals surface area contributed by atoms with Crippen LogP contribution in [0.2, 0.25) is 0 Å². The van der Waals surface area contributed by atoms with Gasteiger partial charge in [-0.3, -0.25) is 0 Å². The number of tetrazole rings is 1. The molecule has 0 amide bonds. The van der Waals surface area contributed by atoms with Crippen LogP contribution >= 0.6 is 0 Å². The molecule has 0 spiro atoms. The van der Waals surface area contributed by atoms with Gasteiger partial charge >= 0.3 is 0 Å². The highest BCUT2D eigenvalue weighted by molar-refractivity contribution is 5.80. The predicted molar refractivity (Wildman–Crippen MR) is 129 cm³/mol. The van der Waals surface area contributed by atoms with Crippen molar-refractivity contribution in [3.8, 4) is 22.5 Å². The third-order valence-electron chi connectivity index (χ3n) is 6.32. The van der Waals surface area contributed by atoms with Gasteiger partial charge in [0.15, 0.2) is 0 Å². The van der Waals surface area contributed by atoms with Crippen LogP contribution in [0.25, 0.3) is 22.5 Å². The molecule has 2 heterocycles. The first-order valence-electron chi connectivity index (χ1n) is 11.5. The number of H-pyrrole nitrogens is 1. The summed E-state index contributed by atoms with van der Waals surface area (Å²) in [6, 6.07) is 16.7. The topological polar surface area (TPSA) is 104 Å². The Kier molecular flexibility index (Phi) is 7.14. The molecule has 2 aromatic heterocycles. The SMILES string of the molecule is CCC(C)n1nc(C(CC)(OC)OC)nc1Cc1ccc(-c2ccccc2-c2nn[nH]n2)cc1. The highest BCUT2D eigenvalue weighted by atomic mass is 16.7. The summed E-state index contributed by atoms with van der Waals surface area (Å²) in [5.41, 5.74) is 4.20. The van der Waals surface area contributed by atoms with Gasteiger partial charge in [0.05, 0.1) is 6.04 Å². The number of hydrogen-bond donors (Lipinski definition) is 1. The number of methoxy groups -OCH3 is 2. The molecule has 1 unspecified atom stereocenters. The Morgan fingerprint density at radius 1 is 1.00 bits per heavy atom. The summed E-state index contributed by atoms with van der Waals surface area (Å²) in [4.78, 5) is 4.86. The molecule has 0 saturated heterocycles. The van der Waals surface area contributed by atoms with Gasteiger partial charge in [-0.05, 0) is 35.2 Å². The number of rotatable bonds is 10. The molecular weight excluding hydrogens is 430 g/mol. The first-order valence-corrected chi connectivity index (χ1v) is 11.5. The van der Waals surface area contributed by atoms with E-state index in [-0.39, 0.29) is 6.04 Å². The van der Waals surface area contributed by atoms with Crippen LogP contribution in [0.4, 0.5) is 0 Å². The number of hydrogen-bond acceptors (Lipinski definition) is 7. The van der Waals surface area contributed by atoms with E-state index in [2.05, 4.69) is 64.8 Å². The Balaban J connectivity index is 1.65. The van der Waals surface area contributed by atoms with Crippen molar-refractivity contribution in [1.29, 1.82) is 0 Å². The van der Waals surface area contributed by atoms with E-state index >= 15 is 0 Å². The molecular formula is C25H31N7O2. The normalized spacial score (nSPS) is 12.7. The van der Waals surface area contributed by atoms with Crippen LogP contribution in [0.5, 0.6) is 0 Å². The molecule has 0 aliphatic heterocycles. The highest BCUT2D eigenvalue weighted by Gasteiger charge is 2.36. The molecule has 0 fully saturated rings. The van der Waals surface area contributed by atoms with Gasteiger partial charge in [0.2, 0.25) is 17.4 Å². The quantitative estimate of drug-likeness (QED) is 0.346. The van der Waals surface area contributed by atoms with Crippen molar-refractivity contribution in [2.75, 3.05) is 14.2 Å². The molecule has 1 atom stereocenters. The minimum Gasteiger partial charge on any atom is -0.347 e. The molecule has 1 N–H and O–H groups in total. The van der Waals surface area contributed by atoms with Gasteiger partial charge in [-0.1, -0.05) is 62.4 Å². The van der Waals surface area contributed by atoms with Crippen LogP contribution in [-0.4, -0.2) is 49.6 Å². The van der Waals surface area contributed by atoms with Crippen molar-refractivity contribution in [2.45, 2.75) is 51.9 Å². The van der Waals surface area contributed by atoms with Crippen LogP contribution in [0.1, 0.15) is 56.9 Å². The van der Waals surface area contributed by atoms with Crippen LogP contribution in [0, 0.1) is 0 Å². The number of nitrogens with one attached hydrogen (secondary N) is 1. The van der Waals surface area contributed by atoms with E-state index in [0.29, 0.717) is 24.5 Å². The monoisotopic (exact) mass is 461 g/mol. The van der Waals surface area contributed by atoms with E-state index in [4.69, 9.17) is 19.6 Å². The summed E-state index contributed by atoms with van der Waals surface area (Å²) in [6.45, 7) is 6.29. The predicted octanol–water partition coefficient (Wildman–Crippen LogP) is 4.54. The zero-order valence-corrected chi connectivity index (χ0v) is 20.3. The number of aromatic nitrogens is 7. The summed E-state index contributed by atoms with van der Waals surface area (Å²) in [5, 5.41) is 19.3. The lowest BCUT2D eigenvalue weighted by Crippen LogP contribution is -2.31. The van der Waals surface area contributed by atoms with Crippen LogP contribution < -0.4 is 0 Å². The van der Waals surface area contributed by atoms with Crippen LogP contribution in [0.3, 0.4) is 0 Å². The summed E-state index contributed by atoms with van der Waals surface area (Å²) in [5.74, 6) is 1.07. The average molecular weight is 462 g/mol. The second kappa shape index (κ2) is 10.2. The third kappa shape index (κ3) is 4.49. The van der Waals surface area contributed by atoms with Gasteiger partial charge in [0.25, 0.3) is 0 Å². The molecule has 34 heavy (non-hydrogen) atoms. The molecule has 178 valence electrons. The Morgan fingerprint density at radius 3 is 2.29 bits per heavy atom. The van der Waals surface area contributed by atoms with Gasteiger partial charge in [0.1, 0.15) is 5.82 Å². The minimum atomic E-state index is -0.948. The Bertz CT molecular complexity index is 1190. The summed E-state index contributed by atoms with van der Waals surface area (Å²) in [7, 11) is 3.25. The maximum absolute atomic E-state index is 5.68. The Morgan fingerprint density at radius 2 is 1.71 bits per heavy atom. The molecule has 0 radical (unpaired) electrons. The molecule has 0 aliphatic carbocycles. The van der Waals surface area contributed by atoms with Gasteiger partial charge in [-0.25, -0.2) is 9.67 Å². The molecule has 9 nitrogen and oxygen atoms in total. The largest absolute Gasteiger partial charge is 0.347 e. The van der Waals surface area contributed by atoms with Crippen molar-refractivity contribution < 1.29 is 9.47 Å². The molecule has 9 heteroatoms. The molecule has 2 aromatic carbocycles. The lowest BCUT2D eigenvalue weighted by Gasteiger charge is -2.26. The fraction of sp³-hybridized carbons (Fsp3) is 0.400. The fourth-order valence-electron chi connectivity index (χ4n) is 4.07. The summed E-state index contributed by atoms with van der Waals surface area (Å²) in [6.07, 6.45) is 2.20. The van der Waals surface area contributed by atoms with E-state index in [9.17, 15) is 0 Å². The molecule has 0 bridgehead atoms. The van der Waals surface area contributed by atoms with E-state index in [1.54, 1.807) is 14.2 Å².